The monoisotopic (exact) mass is 969 g/mol. The molecule has 2 aliphatic rings. The fourth-order valence-electron chi connectivity index (χ4n) is 5.55. The number of nitrogen functional groups attached to an aromatic ring is 1. The average molecular weight is 970 g/mol. The Kier molecular flexibility index (Phi) is 18.8. The number of carbonyl (C=O) groups is 4. The Balaban J connectivity index is 0.00000374. The van der Waals surface area contributed by atoms with Crippen molar-refractivity contribution in [3.05, 3.63) is 124 Å². The maximum absolute atomic E-state index is 13.7. The van der Waals surface area contributed by atoms with Gasteiger partial charge in [-0.1, -0.05) is 0 Å². The van der Waals surface area contributed by atoms with Gasteiger partial charge in [-0.2, -0.15) is 15.3 Å². The molecule has 4 aromatic carbocycles. The summed E-state index contributed by atoms with van der Waals surface area (Å²) in [5.74, 6) is -2.59. The van der Waals surface area contributed by atoms with Gasteiger partial charge in [0.2, 0.25) is 11.7 Å². The van der Waals surface area contributed by atoms with Crippen molar-refractivity contribution < 1.29 is 147 Å². The molecule has 22 nitrogen and oxygen atoms in total. The van der Waals surface area contributed by atoms with Gasteiger partial charge in [0.15, 0.2) is 5.78 Å². The van der Waals surface area contributed by atoms with E-state index in [2.05, 4.69) is 41.9 Å². The van der Waals surface area contributed by atoms with E-state index in [1.807, 2.05) is 0 Å². The summed E-state index contributed by atoms with van der Waals surface area (Å²) in [5, 5.41) is 20.8. The molecule has 4 aromatic rings. The van der Waals surface area contributed by atoms with Crippen molar-refractivity contribution in [1.82, 2.24) is 5.32 Å². The van der Waals surface area contributed by atoms with E-state index in [0.717, 1.165) is 24.3 Å². The van der Waals surface area contributed by atoms with Gasteiger partial charge in [0.1, 0.15) is 47.5 Å². The number of ketones is 2. The van der Waals surface area contributed by atoms with Gasteiger partial charge in [-0.25, -0.2) is 25.3 Å². The summed E-state index contributed by atoms with van der Waals surface area (Å²) in [4.78, 5) is 46.9. The summed E-state index contributed by atoms with van der Waals surface area (Å²) >= 11 is 0. The molecule has 28 heteroatoms. The molecular formula is C37H26N9Na3O13S3. The molecule has 0 unspecified atom stereocenters. The van der Waals surface area contributed by atoms with Crippen LogP contribution < -0.4 is 116 Å². The van der Waals surface area contributed by atoms with E-state index in [1.165, 1.54) is 49.4 Å². The first-order valence-corrected chi connectivity index (χ1v) is 21.3. The Bertz CT molecular complexity index is 3120. The summed E-state index contributed by atoms with van der Waals surface area (Å²) in [6, 6.07) is 16.1. The predicted octanol–water partition coefficient (Wildman–Crippen LogP) is -5.77. The normalized spacial score (nSPS) is 14.8. The maximum Gasteiger partial charge on any atom is 1.00 e. The summed E-state index contributed by atoms with van der Waals surface area (Å²) < 4.78 is 107. The molecule has 0 saturated heterocycles. The van der Waals surface area contributed by atoms with Gasteiger partial charge >= 0.3 is 88.7 Å². The molecule has 6 N–H and O–H groups in total. The maximum atomic E-state index is 13.7. The van der Waals surface area contributed by atoms with Crippen molar-refractivity contribution in [2.45, 2.75) is 16.7 Å². The van der Waals surface area contributed by atoms with Crippen molar-refractivity contribution in [2.75, 3.05) is 21.9 Å². The zero-order chi connectivity index (χ0) is 45.1. The van der Waals surface area contributed by atoms with Gasteiger partial charge in [0, 0.05) is 24.3 Å². The molecule has 0 radical (unpaired) electrons. The predicted molar refractivity (Wildman–Crippen MR) is 218 cm³/mol. The van der Waals surface area contributed by atoms with Crippen LogP contribution in [0.3, 0.4) is 0 Å². The number of nitrogens with zero attached hydrogens (tertiary/aromatic N) is 4. The summed E-state index contributed by atoms with van der Waals surface area (Å²) in [6.07, 6.45) is 4.51. The number of benzene rings is 4. The first-order chi connectivity index (χ1) is 29.1. The third kappa shape index (κ3) is 13.8. The number of azo groups is 1. The zero-order valence-electron chi connectivity index (χ0n) is 34.2. The van der Waals surface area contributed by atoms with Crippen molar-refractivity contribution in [3.8, 4) is 0 Å². The van der Waals surface area contributed by atoms with E-state index >= 15 is 0 Å². The summed E-state index contributed by atoms with van der Waals surface area (Å²) in [5.41, 5.74) is 8.92. The number of carbonyl (C=O) groups excluding carboxylic acids is 4. The van der Waals surface area contributed by atoms with Crippen molar-refractivity contribution in [3.63, 3.8) is 0 Å². The number of rotatable bonds is 12. The van der Waals surface area contributed by atoms with Crippen LogP contribution in [0.2, 0.25) is 0 Å². The Morgan fingerprint density at radius 3 is 1.78 bits per heavy atom. The van der Waals surface area contributed by atoms with Crippen molar-refractivity contribution >= 4 is 105 Å². The quantitative estimate of drug-likeness (QED) is 0.0221. The third-order valence-corrected chi connectivity index (χ3v) is 10.9. The molecule has 0 bridgehead atoms. The molecule has 0 fully saturated rings. The van der Waals surface area contributed by atoms with E-state index < -0.39 is 90.9 Å². The molecule has 318 valence electrons. The molecule has 65 heavy (non-hydrogen) atoms. The smallest absolute Gasteiger partial charge is 0.744 e. The molecule has 2 amide bonds. The van der Waals surface area contributed by atoms with Crippen LogP contribution in [0.15, 0.2) is 138 Å². The van der Waals surface area contributed by atoms with Crippen molar-refractivity contribution in [2.24, 2.45) is 20.4 Å². The second-order valence-electron chi connectivity index (χ2n) is 12.8. The topological polar surface area (TPSA) is 363 Å². The van der Waals surface area contributed by atoms with Gasteiger partial charge in [0.25, 0.3) is 5.91 Å². The van der Waals surface area contributed by atoms with Gasteiger partial charge < -0.3 is 30.0 Å². The fourth-order valence-corrected chi connectivity index (χ4v) is 7.32. The van der Waals surface area contributed by atoms with E-state index in [4.69, 9.17) is 5.73 Å². The number of amides is 2. The number of Topliss-reactive ketones (excluding diaryl/α,β-unsaturated/α-hetero) is 1. The molecule has 0 spiro atoms. The number of hydrogen-bond acceptors (Lipinski definition) is 20. The van der Waals surface area contributed by atoms with Gasteiger partial charge in [0.05, 0.1) is 48.7 Å². The van der Waals surface area contributed by atoms with E-state index in [9.17, 15) is 58.1 Å². The molecule has 0 aromatic heterocycles. The van der Waals surface area contributed by atoms with Crippen LogP contribution in [0.25, 0.3) is 6.08 Å². The minimum Gasteiger partial charge on any atom is -0.744 e. The van der Waals surface area contributed by atoms with Crippen LogP contribution in [0.1, 0.15) is 33.2 Å². The van der Waals surface area contributed by atoms with Crippen LogP contribution >= 0.6 is 0 Å². The van der Waals surface area contributed by atoms with Crippen LogP contribution in [-0.2, 0) is 39.9 Å². The van der Waals surface area contributed by atoms with Crippen LogP contribution in [0, 0.1) is 0 Å². The van der Waals surface area contributed by atoms with E-state index in [1.54, 1.807) is 24.3 Å². The van der Waals surface area contributed by atoms with Crippen LogP contribution in [0.5, 0.6) is 0 Å². The number of hydrazone groups is 2. The second-order valence-corrected chi connectivity index (χ2v) is 16.8. The van der Waals surface area contributed by atoms with E-state index in [0.29, 0.717) is 29.2 Å². The number of anilines is 4. The number of fused-ring (bicyclic) bond motifs is 1. The molecule has 0 saturated carbocycles. The number of hydrogen-bond donors (Lipinski definition) is 5. The van der Waals surface area contributed by atoms with Gasteiger partial charge in [-0.05, 0) is 103 Å². The van der Waals surface area contributed by atoms with Crippen molar-refractivity contribution in [1.29, 1.82) is 0 Å². The molecule has 0 atom stereocenters. The largest absolute Gasteiger partial charge is 1.00 e. The fraction of sp³-hybridized carbons (Fsp3) is 0.0270. The SMILES string of the molecule is CC(=O)NC1=CC(=O)C=C/C1=N/Nc1ccc(NC(=O)c2ccc(N=Nc3c(S(=O)(=O)[O-])cc4c(c3N)C(=O)/C(=N\Nc3ccc(S(=O)(=O)[O-])cc3)C(S(=O)(=O)[O-])=C4)cc2)cc1.[Na+].[Na+].[Na+]. The minimum atomic E-state index is -5.51. The third-order valence-electron chi connectivity index (χ3n) is 8.40. The summed E-state index contributed by atoms with van der Waals surface area (Å²) in [6.45, 7) is 1.29. The van der Waals surface area contributed by atoms with Crippen LogP contribution in [-0.4, -0.2) is 73.7 Å². The molecular weight excluding hydrogens is 944 g/mol. The first-order valence-electron chi connectivity index (χ1n) is 17.1. The molecule has 0 heterocycles. The van der Waals surface area contributed by atoms with Crippen LogP contribution in [0.4, 0.5) is 34.1 Å². The standard InChI is InChI=1S/C37H29N9O13S3.3Na/c1-19(47)39-29-18-26(48)12-15-28(29)44-41-24-8-6-22(7-9-24)40-37(50)20-2-4-23(5-3-20)42-45-34-30(61(54,55)56)16-21-17-31(62(57,58)59)35(36(49)32(21)33(34)38)46-43-25-10-13-27(14-11-25)60(51,52)53;;;/h2-18,41,43H,38H2,1H3,(H,39,47)(H,40,50)(H,51,52,53)(H,54,55,56)(H,57,58,59);;;/q;3*+1/p-3/b44-28-,45-42?,46-35-;;;. The first kappa shape index (κ1) is 54.8. The Labute approximate surface area is 436 Å². The number of allylic oxidation sites excluding steroid dienone is 4. The molecule has 0 aliphatic heterocycles. The minimum absolute atomic E-state index is 0. The zero-order valence-corrected chi connectivity index (χ0v) is 42.7. The van der Waals surface area contributed by atoms with E-state index in [-0.39, 0.29) is 117 Å². The molecule has 6 rings (SSSR count). The second kappa shape index (κ2) is 22.3. The average Bonchev–Trinajstić information content (AvgIpc) is 3.19. The van der Waals surface area contributed by atoms with Gasteiger partial charge in [-0.15, -0.1) is 5.11 Å². The Hall–Kier alpha value is -4.55. The number of nitrogens with two attached hydrogens (primary N) is 1. The van der Waals surface area contributed by atoms with Gasteiger partial charge in [-0.3, -0.25) is 30.0 Å². The molecule has 2 aliphatic carbocycles. The summed E-state index contributed by atoms with van der Waals surface area (Å²) in [7, 11) is -15.8. The Morgan fingerprint density at radius 2 is 1.23 bits per heavy atom. The number of nitrogens with one attached hydrogen (secondary N) is 4. The Morgan fingerprint density at radius 1 is 0.662 bits per heavy atom.